The maximum atomic E-state index is 15.4. The Morgan fingerprint density at radius 3 is 1.50 bits per heavy atom. The van der Waals surface area contributed by atoms with Crippen molar-refractivity contribution in [2.75, 3.05) is 0 Å². The molecule has 7 aromatic carbocycles. The van der Waals surface area contributed by atoms with Gasteiger partial charge in [-0.15, -0.1) is 106 Å². The van der Waals surface area contributed by atoms with Crippen LogP contribution in [0.5, 0.6) is 11.5 Å². The zero-order valence-corrected chi connectivity index (χ0v) is 93.0. The molecule has 15 rings (SSSR count). The minimum atomic E-state index is -1.15. The minimum Gasteiger partial charge on any atom is -0.507 e. The van der Waals surface area contributed by atoms with E-state index in [9.17, 15) is 43.2 Å². The Bertz CT molecular complexity index is 6840. The first-order valence-corrected chi connectivity index (χ1v) is 46.2. The number of hydrogen-bond donors (Lipinski definition) is 4. The van der Waals surface area contributed by atoms with Crippen LogP contribution in [-0.4, -0.2) is 86.5 Å². The molecule has 0 amide bonds. The molecule has 0 fully saturated rings. The molecule has 0 aliphatic carbocycles. The van der Waals surface area contributed by atoms with Crippen LogP contribution >= 0.6 is 0 Å². The van der Waals surface area contributed by atoms with Gasteiger partial charge in [0.1, 0.15) is 23.1 Å². The van der Waals surface area contributed by atoms with Crippen LogP contribution in [0.15, 0.2) is 211 Å². The zero-order valence-electron chi connectivity index (χ0n) is 83.9. The molecule has 8 aromatic heterocycles. The number of carboxylic acids is 2. The molecule has 0 aliphatic heterocycles. The van der Waals surface area contributed by atoms with Crippen LogP contribution in [0, 0.1) is 90.1 Å². The first-order chi connectivity index (χ1) is 65.0. The Labute approximate surface area is 889 Å². The number of pyridine rings is 5. The molecule has 27 heteroatoms. The van der Waals surface area contributed by atoms with Crippen LogP contribution in [0.1, 0.15) is 251 Å². The molecule has 142 heavy (non-hydrogen) atoms. The quantitative estimate of drug-likeness (QED) is 0.0306. The van der Waals surface area contributed by atoms with Crippen molar-refractivity contribution in [1.29, 1.82) is 0 Å². The van der Waals surface area contributed by atoms with E-state index in [0.717, 1.165) is 97.7 Å². The molecule has 0 saturated heterocycles. The van der Waals surface area contributed by atoms with Crippen molar-refractivity contribution in [3.05, 3.63) is 350 Å². The third-order valence-electron chi connectivity index (χ3n) is 23.8. The van der Waals surface area contributed by atoms with Gasteiger partial charge >= 0.3 is 33.0 Å². The van der Waals surface area contributed by atoms with E-state index in [2.05, 4.69) is 161 Å². The largest absolute Gasteiger partial charge is 2.00 e. The topological polar surface area (TPSA) is 258 Å². The van der Waals surface area contributed by atoms with E-state index >= 15 is 4.39 Å². The van der Waals surface area contributed by atoms with E-state index in [1.165, 1.54) is 30.7 Å². The van der Waals surface area contributed by atoms with Gasteiger partial charge in [0.05, 0.1) is 51.6 Å². The molecule has 0 spiro atoms. The fourth-order valence-corrected chi connectivity index (χ4v) is 16.6. The number of imidazole rings is 2. The maximum Gasteiger partial charge on any atom is 2.00 e. The number of carboxylic acid groups (broad SMARTS) is 2. The van der Waals surface area contributed by atoms with Crippen molar-refractivity contribution in [3.63, 3.8) is 0 Å². The second-order valence-electron chi connectivity index (χ2n) is 40.9. The molecular formula is C115H120F4N12O7Pt4-2. The van der Waals surface area contributed by atoms with Crippen molar-refractivity contribution < 1.29 is 136 Å². The van der Waals surface area contributed by atoms with E-state index in [0.29, 0.717) is 76.1 Å². The summed E-state index contributed by atoms with van der Waals surface area (Å²) in [6.45, 7) is 50.5. The van der Waals surface area contributed by atoms with E-state index in [4.69, 9.17) is 31.0 Å². The number of phenolic OH excluding ortho intramolecular Hbond substituents is 2. The summed E-state index contributed by atoms with van der Waals surface area (Å²) in [6.07, 6.45) is 8.79. The van der Waals surface area contributed by atoms with Crippen molar-refractivity contribution in [1.82, 2.24) is 54.2 Å². The van der Waals surface area contributed by atoms with Crippen LogP contribution in [0.25, 0.3) is 89.6 Å². The average molecular weight is 2640 g/mol. The fourth-order valence-electron chi connectivity index (χ4n) is 16.6. The number of aromatic hydroxyl groups is 2. The standard InChI is InChI=1S/C32H36N2O2.C31H32F2N3O2.C27H27N3O.C25H25F2N4O2.4Pt/c1-31(2,3)19-21-15-25(23-11-7-9-13-29(23)35)33-27(17-21)28-18-22(20-32(4,5)6)16-26(34-28)24-12-8-10-14-30(24)36;1-18(2)13-14-21-23(32)16-15-22(27(21)33)24-11-8-12-25(34-24)31(5,6)26-17-36(29(35-26)30(37)38)28-19(3)9-7-10-20(28)4;1-5-10-19(2)20-15-17-22(18-16-20)25-29-26(31-30-25)27(3,4)24-14-9-13-23(28-24)21-11-7-6-8-12-21;1-24(2,3)12-14-10-17(15-8-9-16(26)21(28-6)20(15)27)29-19(11-14)25(4,5)23-30-18(22(32)33)13-31(23)7;;;;/h7-18,35-36H,19-20H2,1-6H3;7-12,16-18H,13-14H2,1-6H3,(H,37,38);6-9,11,13-17,19H,5,10H2,1-4H3;9-11,13H,12H2,1-5,7H3,(H,32,33);;;;/q;-1;-2;-1;;;;+2. The molecule has 15 aromatic rings. The number of carbonyl (C=O) groups is 2. The number of aromatic carboxylic acids is 2. The van der Waals surface area contributed by atoms with Crippen molar-refractivity contribution >= 4 is 17.6 Å². The summed E-state index contributed by atoms with van der Waals surface area (Å²) in [4.78, 5) is 64.2. The summed E-state index contributed by atoms with van der Waals surface area (Å²) in [5, 5.41) is 44.6. The molecule has 1 unspecified atom stereocenters. The molecular weight excluding hydrogens is 2520 g/mol. The summed E-state index contributed by atoms with van der Waals surface area (Å²) < 4.78 is 67.6. The Balaban J connectivity index is 0.000000230. The molecule has 4 N–H and O–H groups in total. The third kappa shape index (κ3) is 28.5. The van der Waals surface area contributed by atoms with Gasteiger partial charge in [-0.2, -0.15) is 0 Å². The number of phenols is 2. The Morgan fingerprint density at radius 1 is 0.486 bits per heavy atom. The molecule has 0 aliphatic rings. The van der Waals surface area contributed by atoms with E-state index in [1.54, 1.807) is 58.8 Å². The van der Waals surface area contributed by atoms with Crippen molar-refractivity contribution in [2.24, 2.45) is 29.2 Å². The predicted octanol–water partition coefficient (Wildman–Crippen LogP) is 27.7. The minimum absolute atomic E-state index is 0. The summed E-state index contributed by atoms with van der Waals surface area (Å²) in [5.41, 5.74) is 14.2. The van der Waals surface area contributed by atoms with Crippen LogP contribution < -0.4 is 0 Å². The van der Waals surface area contributed by atoms with Gasteiger partial charge in [-0.3, -0.25) is 27.0 Å². The summed E-state index contributed by atoms with van der Waals surface area (Å²) in [7, 11) is 1.70. The van der Waals surface area contributed by atoms with E-state index < -0.39 is 57.1 Å². The molecule has 0 saturated carbocycles. The molecule has 8 heterocycles. The molecule has 0 bridgehead atoms. The first kappa shape index (κ1) is 116. The number of aryl methyl sites for hydroxylation is 3. The number of aromatic nitrogens is 11. The van der Waals surface area contributed by atoms with Crippen LogP contribution in [0.4, 0.5) is 23.2 Å². The molecule has 0 radical (unpaired) electrons. The summed E-state index contributed by atoms with van der Waals surface area (Å²) >= 11 is 0. The van der Waals surface area contributed by atoms with Gasteiger partial charge in [0, 0.05) is 140 Å². The molecule has 19 nitrogen and oxygen atoms in total. The van der Waals surface area contributed by atoms with E-state index in [-0.39, 0.29) is 152 Å². The van der Waals surface area contributed by atoms with Gasteiger partial charge in [0.2, 0.25) is 11.7 Å². The zero-order chi connectivity index (χ0) is 100. The molecule has 1 atom stereocenters. The second kappa shape index (κ2) is 48.6. The van der Waals surface area contributed by atoms with Crippen LogP contribution in [-0.2, 0) is 133 Å². The SMILES string of the molecule is CC(C)(C)Cc1cc(-c2cc(CC(C)(C)C)cc(-c3ccccc3O)n2)nc(-c2ccccc2O)c1.CCCC(C)c1c[c-]c(-c2noc(C(C)(C)c3cccc(-c4[c-]cccc4)n3)n2)cc1.Cc1cccc(C)c1-n1cc(C(C)(C)c2cccc(-c3[c-]cc(F)c(CCC(C)C)c3F)n2)nc1C(=O)O.[C-]#[N+]c1c(F)c[c-]c(-c2cc(CC(C)(C)C)cc(C(C)(C)c3nc(C(=O)O)cn3C)n2)c1F.[Pt+2].[Pt].[Pt].[Pt]. The van der Waals surface area contributed by atoms with Crippen molar-refractivity contribution in [2.45, 2.75) is 213 Å². The summed E-state index contributed by atoms with van der Waals surface area (Å²) in [6, 6.07) is 71.5. The van der Waals surface area contributed by atoms with Gasteiger partial charge in [0.25, 0.3) is 0 Å². The van der Waals surface area contributed by atoms with Gasteiger partial charge in [-0.05, 0) is 216 Å². The van der Waals surface area contributed by atoms with Crippen LogP contribution in [0.3, 0.4) is 0 Å². The Hall–Kier alpha value is -11.6. The number of para-hydroxylation sites is 3. The monoisotopic (exact) mass is 2640 g/mol. The number of benzene rings is 7. The average Bonchev–Trinajstić information content (AvgIpc) is 1.58. The Kier molecular flexibility index (Phi) is 39.6. The number of hydrogen-bond acceptors (Lipinski definition) is 14. The maximum absolute atomic E-state index is 15.4. The smallest absolute Gasteiger partial charge is 0.507 e. The van der Waals surface area contributed by atoms with Crippen molar-refractivity contribution in [3.8, 4) is 96.2 Å². The van der Waals surface area contributed by atoms with Gasteiger partial charge in [-0.1, -0.05) is 198 Å². The van der Waals surface area contributed by atoms with Gasteiger partial charge in [0.15, 0.2) is 11.4 Å². The Morgan fingerprint density at radius 2 is 0.993 bits per heavy atom. The fraction of sp³-hybridized carbons (Fsp3) is 0.322. The summed E-state index contributed by atoms with van der Waals surface area (Å²) in [5.74, 6) is -2.87. The normalized spacial score (nSPS) is 11.8. The van der Waals surface area contributed by atoms with E-state index in [1.807, 2.05) is 184 Å². The second-order valence-corrected chi connectivity index (χ2v) is 40.9. The first-order valence-electron chi connectivity index (χ1n) is 46.2. The number of nitrogens with zero attached hydrogens (tertiary/aromatic N) is 12. The van der Waals surface area contributed by atoms with Crippen LogP contribution in [0.2, 0.25) is 0 Å². The number of halogens is 4. The number of rotatable bonds is 25. The third-order valence-corrected chi connectivity index (χ3v) is 23.8. The predicted molar refractivity (Wildman–Crippen MR) is 534 cm³/mol. The van der Waals surface area contributed by atoms with Gasteiger partial charge < -0.3 is 44.5 Å². The molecule has 752 valence electrons. The van der Waals surface area contributed by atoms with Gasteiger partial charge in [-0.25, -0.2) is 34.5 Å².